The van der Waals surface area contributed by atoms with Crippen LogP contribution in [0.1, 0.15) is 6.42 Å². The van der Waals surface area contributed by atoms with Gasteiger partial charge in [-0.2, -0.15) is 0 Å². The van der Waals surface area contributed by atoms with E-state index in [2.05, 4.69) is 10.2 Å². The molecule has 1 heterocycles. The molecule has 1 N–H and O–H groups in total. The Kier molecular flexibility index (Phi) is 4.21. The molecule has 1 aliphatic rings. The van der Waals surface area contributed by atoms with Gasteiger partial charge >= 0.3 is 0 Å². The van der Waals surface area contributed by atoms with E-state index < -0.39 is 0 Å². The molecule has 1 atom stereocenters. The number of hydrogen-bond donors (Lipinski definition) is 1. The number of rotatable bonds is 5. The second-order valence-corrected chi connectivity index (χ2v) is 4.77. The Morgan fingerprint density at radius 2 is 2.37 bits per heavy atom. The van der Waals surface area contributed by atoms with Gasteiger partial charge < -0.3 is 15.0 Å². The maximum Gasteiger partial charge on any atom is 0.292 e. The van der Waals surface area contributed by atoms with Crippen LogP contribution in [0.3, 0.4) is 0 Å². The fourth-order valence-electron chi connectivity index (χ4n) is 2.54. The molecule has 0 amide bonds. The molecule has 1 fully saturated rings. The molecule has 2 rings (SSSR count). The Morgan fingerprint density at radius 3 is 3.00 bits per heavy atom. The number of hydrogen-bond acceptors (Lipinski definition) is 5. The number of ether oxygens (including phenoxy) is 1. The van der Waals surface area contributed by atoms with Gasteiger partial charge in [0, 0.05) is 25.2 Å². The summed E-state index contributed by atoms with van der Waals surface area (Å²) in [4.78, 5) is 12.8. The Balaban J connectivity index is 2.25. The maximum absolute atomic E-state index is 11.1. The predicted octanol–water partition coefficient (Wildman–Crippen LogP) is 1.65. The van der Waals surface area contributed by atoms with Crippen molar-refractivity contribution in [1.82, 2.24) is 5.32 Å². The molecule has 6 heteroatoms. The zero-order valence-electron chi connectivity index (χ0n) is 11.3. The van der Waals surface area contributed by atoms with E-state index in [0.717, 1.165) is 26.1 Å². The van der Waals surface area contributed by atoms with Crippen molar-refractivity contribution in [2.75, 3.05) is 38.7 Å². The van der Waals surface area contributed by atoms with Crippen molar-refractivity contribution in [3.05, 3.63) is 28.3 Å². The van der Waals surface area contributed by atoms with E-state index in [4.69, 9.17) is 4.74 Å². The lowest BCUT2D eigenvalue weighted by molar-refractivity contribution is -0.384. The van der Waals surface area contributed by atoms with Crippen molar-refractivity contribution in [3.8, 4) is 5.75 Å². The third-order valence-electron chi connectivity index (χ3n) is 3.50. The van der Waals surface area contributed by atoms with Crippen molar-refractivity contribution in [2.45, 2.75) is 6.42 Å². The minimum Gasteiger partial charge on any atom is -0.497 e. The molecular weight excluding hydrogens is 246 g/mol. The van der Waals surface area contributed by atoms with Crippen LogP contribution in [-0.2, 0) is 0 Å². The number of anilines is 1. The minimum atomic E-state index is -0.333. The molecule has 1 unspecified atom stereocenters. The SMILES string of the molecule is CNCC1CCN(c2cc(OC)ccc2[N+](=O)[O-])C1. The van der Waals surface area contributed by atoms with Crippen LogP contribution in [0, 0.1) is 16.0 Å². The first-order valence-electron chi connectivity index (χ1n) is 6.37. The highest BCUT2D eigenvalue weighted by atomic mass is 16.6. The average Bonchev–Trinajstić information content (AvgIpc) is 2.87. The fourth-order valence-corrected chi connectivity index (χ4v) is 2.54. The molecule has 0 aliphatic carbocycles. The highest BCUT2D eigenvalue weighted by Gasteiger charge is 2.27. The van der Waals surface area contributed by atoms with Gasteiger partial charge in [-0.3, -0.25) is 10.1 Å². The van der Waals surface area contributed by atoms with E-state index in [1.807, 2.05) is 7.05 Å². The zero-order chi connectivity index (χ0) is 13.8. The zero-order valence-corrected chi connectivity index (χ0v) is 11.3. The van der Waals surface area contributed by atoms with Crippen molar-refractivity contribution in [2.24, 2.45) is 5.92 Å². The highest BCUT2D eigenvalue weighted by Crippen LogP contribution is 2.35. The second kappa shape index (κ2) is 5.88. The van der Waals surface area contributed by atoms with Gasteiger partial charge in [0.1, 0.15) is 11.4 Å². The van der Waals surface area contributed by atoms with E-state index in [1.54, 1.807) is 19.2 Å². The van der Waals surface area contributed by atoms with E-state index >= 15 is 0 Å². The van der Waals surface area contributed by atoms with E-state index in [-0.39, 0.29) is 10.6 Å². The maximum atomic E-state index is 11.1. The Bertz CT molecular complexity index is 464. The smallest absolute Gasteiger partial charge is 0.292 e. The van der Waals surface area contributed by atoms with Crippen molar-refractivity contribution in [1.29, 1.82) is 0 Å². The molecule has 1 aromatic rings. The first kappa shape index (κ1) is 13.6. The standard InChI is InChI=1S/C13H19N3O3/c1-14-8-10-5-6-15(9-10)13-7-11(19-2)3-4-12(13)16(17)18/h3-4,7,10,14H,5-6,8-9H2,1-2H3. The Morgan fingerprint density at radius 1 is 1.58 bits per heavy atom. The highest BCUT2D eigenvalue weighted by molar-refractivity contribution is 5.66. The average molecular weight is 265 g/mol. The fraction of sp³-hybridized carbons (Fsp3) is 0.538. The predicted molar refractivity (Wildman–Crippen MR) is 73.9 cm³/mol. The Labute approximate surface area is 112 Å². The third-order valence-corrected chi connectivity index (χ3v) is 3.50. The summed E-state index contributed by atoms with van der Waals surface area (Å²) >= 11 is 0. The van der Waals surface area contributed by atoms with Gasteiger partial charge in [-0.25, -0.2) is 0 Å². The number of nitro groups is 1. The van der Waals surface area contributed by atoms with Crippen LogP contribution in [0.2, 0.25) is 0 Å². The van der Waals surface area contributed by atoms with Crippen LogP contribution in [0.4, 0.5) is 11.4 Å². The summed E-state index contributed by atoms with van der Waals surface area (Å²) < 4.78 is 5.16. The largest absolute Gasteiger partial charge is 0.497 e. The van der Waals surface area contributed by atoms with Crippen LogP contribution in [-0.4, -0.2) is 38.7 Å². The summed E-state index contributed by atoms with van der Waals surface area (Å²) in [5.74, 6) is 1.19. The molecule has 1 aliphatic heterocycles. The molecule has 0 aromatic heterocycles. The topological polar surface area (TPSA) is 67.6 Å². The number of methoxy groups -OCH3 is 1. The summed E-state index contributed by atoms with van der Waals surface area (Å²) in [6, 6.07) is 4.89. The number of nitrogens with one attached hydrogen (secondary N) is 1. The van der Waals surface area contributed by atoms with E-state index in [0.29, 0.717) is 17.4 Å². The van der Waals surface area contributed by atoms with Gasteiger partial charge in [0.15, 0.2) is 0 Å². The van der Waals surface area contributed by atoms with Gasteiger partial charge in [0.25, 0.3) is 5.69 Å². The summed E-state index contributed by atoms with van der Waals surface area (Å²) in [6.45, 7) is 2.63. The van der Waals surface area contributed by atoms with E-state index in [1.165, 1.54) is 6.07 Å². The van der Waals surface area contributed by atoms with Gasteiger partial charge in [0.2, 0.25) is 0 Å². The summed E-state index contributed by atoms with van der Waals surface area (Å²) in [5.41, 5.74) is 0.800. The summed E-state index contributed by atoms with van der Waals surface area (Å²) in [5, 5.41) is 14.3. The number of benzene rings is 1. The quantitative estimate of drug-likeness (QED) is 0.647. The number of nitro benzene ring substituents is 1. The van der Waals surface area contributed by atoms with Gasteiger partial charge in [-0.1, -0.05) is 0 Å². The molecule has 6 nitrogen and oxygen atoms in total. The van der Waals surface area contributed by atoms with Crippen LogP contribution in [0.5, 0.6) is 5.75 Å². The van der Waals surface area contributed by atoms with Gasteiger partial charge in [-0.15, -0.1) is 0 Å². The Hall–Kier alpha value is -1.82. The summed E-state index contributed by atoms with van der Waals surface area (Å²) in [7, 11) is 3.50. The third kappa shape index (κ3) is 2.96. The van der Waals surface area contributed by atoms with Crippen LogP contribution in [0.15, 0.2) is 18.2 Å². The van der Waals surface area contributed by atoms with E-state index in [9.17, 15) is 10.1 Å². The molecule has 104 valence electrons. The molecule has 0 spiro atoms. The monoisotopic (exact) mass is 265 g/mol. The molecule has 19 heavy (non-hydrogen) atoms. The molecule has 0 saturated carbocycles. The lowest BCUT2D eigenvalue weighted by atomic mass is 10.1. The van der Waals surface area contributed by atoms with Gasteiger partial charge in [-0.05, 0) is 32.0 Å². The molecule has 0 bridgehead atoms. The molecule has 1 saturated heterocycles. The number of nitrogens with zero attached hydrogens (tertiary/aromatic N) is 2. The summed E-state index contributed by atoms with van der Waals surface area (Å²) in [6.07, 6.45) is 1.05. The van der Waals surface area contributed by atoms with Gasteiger partial charge in [0.05, 0.1) is 12.0 Å². The van der Waals surface area contributed by atoms with Crippen molar-refractivity contribution >= 4 is 11.4 Å². The first-order chi connectivity index (χ1) is 9.15. The van der Waals surface area contributed by atoms with Crippen molar-refractivity contribution in [3.63, 3.8) is 0 Å². The minimum absolute atomic E-state index is 0.144. The lowest BCUT2D eigenvalue weighted by Crippen LogP contribution is -2.24. The van der Waals surface area contributed by atoms with Crippen LogP contribution < -0.4 is 15.0 Å². The van der Waals surface area contributed by atoms with Crippen LogP contribution in [0.25, 0.3) is 0 Å². The molecule has 0 radical (unpaired) electrons. The first-order valence-corrected chi connectivity index (χ1v) is 6.37. The van der Waals surface area contributed by atoms with Crippen molar-refractivity contribution < 1.29 is 9.66 Å². The lowest BCUT2D eigenvalue weighted by Gasteiger charge is -2.19. The normalized spacial score (nSPS) is 18.6. The van der Waals surface area contributed by atoms with Crippen LogP contribution >= 0.6 is 0 Å². The molecule has 1 aromatic carbocycles. The molecular formula is C13H19N3O3. The second-order valence-electron chi connectivity index (χ2n) is 4.77.